The van der Waals surface area contributed by atoms with Crippen LogP contribution in [0.15, 0.2) is 36.4 Å². The highest BCUT2D eigenvalue weighted by atomic mass is 16.6. The monoisotopic (exact) mass is 350 g/mol. The summed E-state index contributed by atoms with van der Waals surface area (Å²) in [6, 6.07) is 12.3. The van der Waals surface area contributed by atoms with E-state index in [1.165, 1.54) is 5.56 Å². The number of hydrogen-bond acceptors (Lipinski definition) is 4. The number of carbonyl (C=O) groups is 2. The zero-order chi connectivity index (χ0) is 18.0. The zero-order valence-electron chi connectivity index (χ0n) is 15.0. The summed E-state index contributed by atoms with van der Waals surface area (Å²) >= 11 is 0. The first kappa shape index (κ1) is 16.0. The summed E-state index contributed by atoms with van der Waals surface area (Å²) in [4.78, 5) is 25.0. The Hall–Kier alpha value is -2.20. The van der Waals surface area contributed by atoms with Gasteiger partial charge in [-0.3, -0.25) is 9.59 Å². The van der Waals surface area contributed by atoms with Crippen LogP contribution >= 0.6 is 0 Å². The molecule has 2 aromatic rings. The molecule has 2 saturated carbocycles. The minimum Gasteiger partial charge on any atom is -0.461 e. The molecular formula is C22H22O4. The molecule has 0 amide bonds. The molecule has 3 aliphatic rings. The molecule has 2 aromatic carbocycles. The van der Waals surface area contributed by atoms with Crippen LogP contribution < -0.4 is 0 Å². The molecule has 1 saturated heterocycles. The van der Waals surface area contributed by atoms with Gasteiger partial charge in [-0.25, -0.2) is 0 Å². The van der Waals surface area contributed by atoms with Crippen LogP contribution in [0.3, 0.4) is 0 Å². The second kappa shape index (κ2) is 5.65. The Labute approximate surface area is 152 Å². The molecule has 4 heteroatoms. The second-order valence-electron chi connectivity index (χ2n) is 8.04. The molecule has 0 N–H and O–H groups in total. The van der Waals surface area contributed by atoms with E-state index in [0.717, 1.165) is 22.8 Å². The van der Waals surface area contributed by atoms with E-state index in [9.17, 15) is 9.59 Å². The van der Waals surface area contributed by atoms with E-state index in [0.29, 0.717) is 0 Å². The molecule has 1 heterocycles. The van der Waals surface area contributed by atoms with E-state index in [2.05, 4.69) is 31.2 Å². The molecule has 2 aliphatic carbocycles. The Kier molecular flexibility index (Phi) is 3.48. The summed E-state index contributed by atoms with van der Waals surface area (Å²) in [5, 5.41) is 2.25. The molecule has 134 valence electrons. The number of carbonyl (C=O) groups excluding carboxylic acids is 2. The van der Waals surface area contributed by atoms with E-state index in [4.69, 9.17) is 9.47 Å². The SMILES string of the molecule is CC(=O)C1C2CC(C3OC23)C1C(=O)OCc1cccc2cc(C)ccc12. The fourth-order valence-electron chi connectivity index (χ4n) is 5.36. The van der Waals surface area contributed by atoms with Gasteiger partial charge in [-0.2, -0.15) is 0 Å². The van der Waals surface area contributed by atoms with Crippen molar-refractivity contribution < 1.29 is 19.1 Å². The third-order valence-electron chi connectivity index (χ3n) is 6.50. The number of ether oxygens (including phenoxy) is 2. The summed E-state index contributed by atoms with van der Waals surface area (Å²) in [5.41, 5.74) is 2.20. The standard InChI is InChI=1S/C22H22O4/c1-11-6-7-15-13(8-11)4-3-5-14(15)10-25-22(24)19-17-9-16(18(19)12(2)23)20-21(17)26-20/h3-8,16-21H,9-10H2,1-2H3. The summed E-state index contributed by atoms with van der Waals surface area (Å²) in [7, 11) is 0. The van der Waals surface area contributed by atoms with Crippen LogP contribution in [-0.2, 0) is 25.7 Å². The van der Waals surface area contributed by atoms with Crippen molar-refractivity contribution in [1.82, 2.24) is 0 Å². The van der Waals surface area contributed by atoms with Gasteiger partial charge < -0.3 is 9.47 Å². The summed E-state index contributed by atoms with van der Waals surface area (Å²) in [6.07, 6.45) is 1.31. The predicted octanol–water partition coefficient (Wildman–Crippen LogP) is 3.43. The third kappa shape index (κ3) is 2.32. The second-order valence-corrected chi connectivity index (χ2v) is 8.04. The maximum absolute atomic E-state index is 12.8. The van der Waals surface area contributed by atoms with Gasteiger partial charge in [0.15, 0.2) is 0 Å². The van der Waals surface area contributed by atoms with Crippen molar-refractivity contribution in [2.24, 2.45) is 23.7 Å². The zero-order valence-corrected chi connectivity index (χ0v) is 15.0. The first-order chi connectivity index (χ1) is 12.5. The first-order valence-corrected chi connectivity index (χ1v) is 9.35. The Morgan fingerprint density at radius 3 is 2.65 bits per heavy atom. The van der Waals surface area contributed by atoms with Crippen LogP contribution in [0.4, 0.5) is 0 Å². The lowest BCUT2D eigenvalue weighted by Crippen LogP contribution is -2.38. The van der Waals surface area contributed by atoms with Crippen LogP contribution in [0.5, 0.6) is 0 Å². The van der Waals surface area contributed by atoms with E-state index >= 15 is 0 Å². The van der Waals surface area contributed by atoms with Crippen molar-refractivity contribution in [2.45, 2.75) is 39.1 Å². The molecule has 0 aromatic heterocycles. The average Bonchev–Trinajstić information content (AvgIpc) is 3.23. The number of aryl methyl sites for hydroxylation is 1. The van der Waals surface area contributed by atoms with Crippen molar-refractivity contribution in [3.05, 3.63) is 47.5 Å². The molecule has 3 fully saturated rings. The molecule has 0 radical (unpaired) electrons. The maximum Gasteiger partial charge on any atom is 0.310 e. The number of rotatable bonds is 4. The van der Waals surface area contributed by atoms with Crippen LogP contribution in [0.1, 0.15) is 24.5 Å². The van der Waals surface area contributed by atoms with Gasteiger partial charge in [0.05, 0.1) is 18.1 Å². The molecule has 4 nitrogen and oxygen atoms in total. The molecule has 5 rings (SSSR count). The highest BCUT2D eigenvalue weighted by molar-refractivity contribution is 5.88. The lowest BCUT2D eigenvalue weighted by molar-refractivity contribution is -0.155. The van der Waals surface area contributed by atoms with Gasteiger partial charge in [0.2, 0.25) is 0 Å². The van der Waals surface area contributed by atoms with Crippen LogP contribution in [-0.4, -0.2) is 24.0 Å². The van der Waals surface area contributed by atoms with E-state index in [1.54, 1.807) is 6.92 Å². The van der Waals surface area contributed by atoms with Gasteiger partial charge in [-0.05, 0) is 42.5 Å². The molecule has 6 unspecified atom stereocenters. The number of Topliss-reactive ketones (excluding diaryl/α,β-unsaturated/α-hetero) is 1. The Morgan fingerprint density at radius 2 is 1.88 bits per heavy atom. The summed E-state index contributed by atoms with van der Waals surface area (Å²) in [5.74, 6) is -0.350. The lowest BCUT2D eigenvalue weighted by Gasteiger charge is -2.25. The van der Waals surface area contributed by atoms with Gasteiger partial charge in [0, 0.05) is 11.8 Å². The van der Waals surface area contributed by atoms with Crippen LogP contribution in [0.2, 0.25) is 0 Å². The molecule has 1 aliphatic heterocycles. The fraction of sp³-hybridized carbons (Fsp3) is 0.455. The number of hydrogen-bond donors (Lipinski definition) is 0. The largest absolute Gasteiger partial charge is 0.461 e. The molecule has 2 bridgehead atoms. The molecule has 26 heavy (non-hydrogen) atoms. The lowest BCUT2D eigenvalue weighted by atomic mass is 9.77. The maximum atomic E-state index is 12.8. The van der Waals surface area contributed by atoms with Crippen molar-refractivity contribution in [3.63, 3.8) is 0 Å². The average molecular weight is 350 g/mol. The number of fused-ring (bicyclic) bond motifs is 6. The number of epoxide rings is 1. The Bertz CT molecular complexity index is 917. The minimum absolute atomic E-state index is 0.0917. The van der Waals surface area contributed by atoms with E-state index in [1.807, 2.05) is 12.1 Å². The summed E-state index contributed by atoms with van der Waals surface area (Å²) < 4.78 is 11.4. The van der Waals surface area contributed by atoms with Gasteiger partial charge >= 0.3 is 5.97 Å². The van der Waals surface area contributed by atoms with Crippen LogP contribution in [0.25, 0.3) is 10.8 Å². The van der Waals surface area contributed by atoms with Crippen molar-refractivity contribution in [1.29, 1.82) is 0 Å². The number of esters is 1. The quantitative estimate of drug-likeness (QED) is 0.626. The predicted molar refractivity (Wildman–Crippen MR) is 96.4 cm³/mol. The van der Waals surface area contributed by atoms with Gasteiger partial charge in [0.1, 0.15) is 12.4 Å². The van der Waals surface area contributed by atoms with Crippen molar-refractivity contribution in [2.75, 3.05) is 0 Å². The fourth-order valence-corrected chi connectivity index (χ4v) is 5.36. The highest BCUT2D eigenvalue weighted by Crippen LogP contribution is 2.62. The summed E-state index contributed by atoms with van der Waals surface area (Å²) in [6.45, 7) is 3.90. The molecule has 6 atom stereocenters. The third-order valence-corrected chi connectivity index (χ3v) is 6.50. The topological polar surface area (TPSA) is 55.9 Å². The van der Waals surface area contributed by atoms with E-state index in [-0.39, 0.29) is 54.2 Å². The first-order valence-electron chi connectivity index (χ1n) is 9.35. The Balaban J connectivity index is 1.36. The number of benzene rings is 2. The van der Waals surface area contributed by atoms with Gasteiger partial charge in [-0.1, -0.05) is 42.0 Å². The molecular weight excluding hydrogens is 328 g/mol. The van der Waals surface area contributed by atoms with Crippen molar-refractivity contribution in [3.8, 4) is 0 Å². The molecule has 0 spiro atoms. The van der Waals surface area contributed by atoms with E-state index < -0.39 is 0 Å². The number of ketones is 1. The smallest absolute Gasteiger partial charge is 0.310 e. The van der Waals surface area contributed by atoms with Crippen LogP contribution in [0, 0.1) is 30.6 Å². The normalized spacial score (nSPS) is 33.9. The van der Waals surface area contributed by atoms with Gasteiger partial charge in [-0.15, -0.1) is 0 Å². The Morgan fingerprint density at radius 1 is 1.12 bits per heavy atom. The van der Waals surface area contributed by atoms with Crippen molar-refractivity contribution >= 4 is 22.5 Å². The highest BCUT2D eigenvalue weighted by Gasteiger charge is 2.70. The van der Waals surface area contributed by atoms with Gasteiger partial charge in [0.25, 0.3) is 0 Å². The minimum atomic E-state index is -0.335.